The lowest BCUT2D eigenvalue weighted by Gasteiger charge is -2.47. The highest BCUT2D eigenvalue weighted by atomic mass is 14.4. The van der Waals surface area contributed by atoms with Crippen molar-refractivity contribution in [3.05, 3.63) is 0 Å². The van der Waals surface area contributed by atoms with E-state index in [4.69, 9.17) is 0 Å². The molecule has 18 heavy (non-hydrogen) atoms. The zero-order valence-corrected chi connectivity index (χ0v) is 12.5. The highest BCUT2D eigenvalue weighted by molar-refractivity contribution is 4.90. The fourth-order valence-electron chi connectivity index (χ4n) is 5.82. The van der Waals surface area contributed by atoms with Gasteiger partial charge in [0.25, 0.3) is 0 Å². The maximum absolute atomic E-state index is 2.53. The minimum Gasteiger partial charge on any atom is -0.0651 e. The third-order valence-corrected chi connectivity index (χ3v) is 6.79. The van der Waals surface area contributed by atoms with Gasteiger partial charge in [0.15, 0.2) is 0 Å². The van der Waals surface area contributed by atoms with E-state index in [-0.39, 0.29) is 0 Å². The van der Waals surface area contributed by atoms with E-state index in [2.05, 4.69) is 13.8 Å². The number of hydrogen-bond acceptors (Lipinski definition) is 0. The van der Waals surface area contributed by atoms with Crippen molar-refractivity contribution >= 4 is 0 Å². The van der Waals surface area contributed by atoms with Gasteiger partial charge in [-0.25, -0.2) is 0 Å². The highest BCUT2D eigenvalue weighted by Gasteiger charge is 2.39. The van der Waals surface area contributed by atoms with E-state index in [0.29, 0.717) is 0 Å². The van der Waals surface area contributed by atoms with Gasteiger partial charge in [-0.05, 0) is 61.2 Å². The molecule has 0 heteroatoms. The largest absolute Gasteiger partial charge is 0.0651 e. The summed E-state index contributed by atoms with van der Waals surface area (Å²) in [6.07, 6.45) is 15.5. The van der Waals surface area contributed by atoms with Crippen molar-refractivity contribution in [1.29, 1.82) is 0 Å². The Labute approximate surface area is 114 Å². The van der Waals surface area contributed by atoms with Crippen molar-refractivity contribution in [2.45, 2.75) is 78.1 Å². The van der Waals surface area contributed by atoms with Crippen LogP contribution in [0.25, 0.3) is 0 Å². The third-order valence-electron chi connectivity index (χ3n) is 6.79. The molecule has 3 rings (SSSR count). The van der Waals surface area contributed by atoms with Crippen LogP contribution in [0.5, 0.6) is 0 Å². The molecule has 6 unspecified atom stereocenters. The van der Waals surface area contributed by atoms with Crippen LogP contribution < -0.4 is 0 Å². The molecule has 0 spiro atoms. The Bertz CT molecular complexity index is 269. The first-order valence-electron chi connectivity index (χ1n) is 8.78. The van der Waals surface area contributed by atoms with Crippen LogP contribution in [0.1, 0.15) is 78.1 Å². The van der Waals surface area contributed by atoms with Crippen LogP contribution in [0.3, 0.4) is 0 Å². The summed E-state index contributed by atoms with van der Waals surface area (Å²) < 4.78 is 0. The molecule has 0 aliphatic heterocycles. The summed E-state index contributed by atoms with van der Waals surface area (Å²) in [6.45, 7) is 4.98. The van der Waals surface area contributed by atoms with Crippen LogP contribution in [0.4, 0.5) is 0 Å². The van der Waals surface area contributed by atoms with Gasteiger partial charge < -0.3 is 0 Å². The van der Waals surface area contributed by atoms with Gasteiger partial charge in [0.1, 0.15) is 0 Å². The molecule has 3 fully saturated rings. The monoisotopic (exact) mass is 248 g/mol. The van der Waals surface area contributed by atoms with E-state index in [1.807, 2.05) is 0 Å². The molecule has 0 aromatic rings. The Morgan fingerprint density at radius 2 is 1.61 bits per heavy atom. The molecular formula is C18H32. The van der Waals surface area contributed by atoms with Crippen LogP contribution in [0.15, 0.2) is 0 Å². The Balaban J connectivity index is 1.75. The molecule has 0 N–H and O–H groups in total. The van der Waals surface area contributed by atoms with Gasteiger partial charge in [0.05, 0.1) is 0 Å². The second-order valence-electron chi connectivity index (χ2n) is 7.76. The molecule has 3 saturated carbocycles. The Morgan fingerprint density at radius 1 is 0.833 bits per heavy atom. The predicted octanol–water partition coefficient (Wildman–Crippen LogP) is 5.67. The van der Waals surface area contributed by atoms with Crippen molar-refractivity contribution in [2.75, 3.05) is 0 Å². The standard InChI is InChI=1S/C18H32/c1-3-17-13(2)7-9-16-10-8-14-5-4-6-15(11-14)12-18(16)17/h13-18H,3-12H2,1-2H3. The first-order chi connectivity index (χ1) is 8.78. The quantitative estimate of drug-likeness (QED) is 0.561. The van der Waals surface area contributed by atoms with E-state index in [9.17, 15) is 0 Å². The average molecular weight is 248 g/mol. The van der Waals surface area contributed by atoms with Crippen LogP contribution in [0, 0.1) is 35.5 Å². The van der Waals surface area contributed by atoms with Crippen LogP contribution >= 0.6 is 0 Å². The van der Waals surface area contributed by atoms with Crippen molar-refractivity contribution < 1.29 is 0 Å². The minimum atomic E-state index is 1.01. The maximum Gasteiger partial charge on any atom is -0.0352 e. The second-order valence-corrected chi connectivity index (χ2v) is 7.76. The summed E-state index contributed by atoms with van der Waals surface area (Å²) >= 11 is 0. The Morgan fingerprint density at radius 3 is 2.44 bits per heavy atom. The van der Waals surface area contributed by atoms with Crippen molar-refractivity contribution in [3.8, 4) is 0 Å². The molecule has 0 heterocycles. The number of fused-ring (bicyclic) bond motifs is 3. The van der Waals surface area contributed by atoms with E-state index >= 15 is 0 Å². The molecule has 0 saturated heterocycles. The van der Waals surface area contributed by atoms with Crippen LogP contribution in [-0.2, 0) is 0 Å². The fraction of sp³-hybridized carbons (Fsp3) is 1.00. The zero-order chi connectivity index (χ0) is 12.5. The summed E-state index contributed by atoms with van der Waals surface area (Å²) in [7, 11) is 0. The van der Waals surface area contributed by atoms with Gasteiger partial charge in [-0.1, -0.05) is 52.4 Å². The average Bonchev–Trinajstić information content (AvgIpc) is 2.37. The van der Waals surface area contributed by atoms with Crippen LogP contribution in [-0.4, -0.2) is 0 Å². The molecule has 6 atom stereocenters. The van der Waals surface area contributed by atoms with Gasteiger partial charge in [-0.3, -0.25) is 0 Å². The predicted molar refractivity (Wildman–Crippen MR) is 78.5 cm³/mol. The molecule has 0 radical (unpaired) electrons. The smallest absolute Gasteiger partial charge is 0.0352 e. The molecular weight excluding hydrogens is 216 g/mol. The minimum absolute atomic E-state index is 1.01. The zero-order valence-electron chi connectivity index (χ0n) is 12.5. The second kappa shape index (κ2) is 5.55. The Hall–Kier alpha value is 0. The van der Waals surface area contributed by atoms with E-state index < -0.39 is 0 Å². The molecule has 0 amide bonds. The normalized spacial score (nSPS) is 49.0. The lowest BCUT2D eigenvalue weighted by atomic mass is 9.59. The highest BCUT2D eigenvalue weighted by Crippen LogP contribution is 2.50. The number of hydrogen-bond donors (Lipinski definition) is 0. The van der Waals surface area contributed by atoms with Gasteiger partial charge >= 0.3 is 0 Å². The summed E-state index contributed by atoms with van der Waals surface area (Å²) in [4.78, 5) is 0. The number of rotatable bonds is 1. The summed E-state index contributed by atoms with van der Waals surface area (Å²) in [6, 6.07) is 0. The van der Waals surface area contributed by atoms with Crippen LogP contribution in [0.2, 0.25) is 0 Å². The SMILES string of the molecule is CCC1C(C)CCC2CCC3CCCC(C3)CC21. The Kier molecular flexibility index (Phi) is 4.01. The molecule has 0 aromatic carbocycles. The van der Waals surface area contributed by atoms with Gasteiger partial charge in [0.2, 0.25) is 0 Å². The lowest BCUT2D eigenvalue weighted by Crippen LogP contribution is -2.37. The third kappa shape index (κ3) is 2.49. The summed E-state index contributed by atoms with van der Waals surface area (Å²) in [5.74, 6) is 6.50. The van der Waals surface area contributed by atoms with Gasteiger partial charge in [0, 0.05) is 0 Å². The lowest BCUT2D eigenvalue weighted by molar-refractivity contribution is 0.0370. The molecule has 0 aromatic heterocycles. The summed E-state index contributed by atoms with van der Waals surface area (Å²) in [5, 5.41) is 0. The van der Waals surface area contributed by atoms with Gasteiger partial charge in [-0.2, -0.15) is 0 Å². The van der Waals surface area contributed by atoms with Crippen molar-refractivity contribution in [3.63, 3.8) is 0 Å². The van der Waals surface area contributed by atoms with Crippen molar-refractivity contribution in [1.82, 2.24) is 0 Å². The molecule has 3 aliphatic rings. The fourth-order valence-corrected chi connectivity index (χ4v) is 5.82. The first-order valence-corrected chi connectivity index (χ1v) is 8.78. The molecule has 2 bridgehead atoms. The van der Waals surface area contributed by atoms with E-state index in [1.165, 1.54) is 12.8 Å². The summed E-state index contributed by atoms with van der Waals surface area (Å²) in [5.41, 5.74) is 0. The molecule has 3 aliphatic carbocycles. The topological polar surface area (TPSA) is 0 Å². The van der Waals surface area contributed by atoms with Crippen molar-refractivity contribution in [2.24, 2.45) is 35.5 Å². The van der Waals surface area contributed by atoms with Gasteiger partial charge in [-0.15, -0.1) is 0 Å². The molecule has 104 valence electrons. The van der Waals surface area contributed by atoms with E-state index in [1.54, 1.807) is 51.4 Å². The molecule has 0 nitrogen and oxygen atoms in total. The first kappa shape index (κ1) is 13.0. The maximum atomic E-state index is 2.53. The van der Waals surface area contributed by atoms with E-state index in [0.717, 1.165) is 35.5 Å².